The van der Waals surface area contributed by atoms with E-state index in [-0.39, 0.29) is 5.56 Å². The van der Waals surface area contributed by atoms with Crippen LogP contribution in [0, 0.1) is 32.4 Å². The van der Waals surface area contributed by atoms with Gasteiger partial charge in [0.1, 0.15) is 34.2 Å². The summed E-state index contributed by atoms with van der Waals surface area (Å²) in [6, 6.07) is 8.09. The number of hydrogen-bond acceptors (Lipinski definition) is 6. The van der Waals surface area contributed by atoms with Crippen molar-refractivity contribution in [1.82, 2.24) is 24.9 Å². The minimum absolute atomic E-state index is 0.236. The van der Waals surface area contributed by atoms with Crippen LogP contribution in [0.25, 0.3) is 22.4 Å². The van der Waals surface area contributed by atoms with Gasteiger partial charge in [-0.05, 0) is 64.3 Å². The molecular weight excluding hydrogens is 460 g/mol. The molecule has 3 aromatic heterocycles. The summed E-state index contributed by atoms with van der Waals surface area (Å²) >= 11 is 5.49. The lowest BCUT2D eigenvalue weighted by molar-refractivity contribution is 0.0968. The van der Waals surface area contributed by atoms with Crippen LogP contribution in [0.3, 0.4) is 0 Å². The Bertz CT molecular complexity index is 1200. The lowest BCUT2D eigenvalue weighted by Crippen LogP contribution is -2.03. The maximum absolute atomic E-state index is 13.6. The number of halogens is 3. The van der Waals surface area contributed by atoms with Gasteiger partial charge in [-0.25, -0.2) is 28.7 Å². The molecule has 1 aromatic carbocycles. The van der Waals surface area contributed by atoms with Gasteiger partial charge in [0.05, 0.1) is 11.4 Å². The molecule has 0 atom stereocenters. The zero-order valence-electron chi connectivity index (χ0n) is 19.4. The van der Waals surface area contributed by atoms with Crippen LogP contribution in [0.15, 0.2) is 42.9 Å². The molecule has 0 amide bonds. The number of fused-ring (bicyclic) bond motifs is 1. The fourth-order valence-electron chi connectivity index (χ4n) is 3.08. The predicted octanol–water partition coefficient (Wildman–Crippen LogP) is 6.21. The molecule has 0 unspecified atom stereocenters. The monoisotopic (exact) mass is 485 g/mol. The Kier molecular flexibility index (Phi) is 9.30. The second kappa shape index (κ2) is 12.4. The smallest absolute Gasteiger partial charge is 0.182 e. The fourth-order valence-corrected chi connectivity index (χ4v) is 3.19. The highest BCUT2D eigenvalue weighted by atomic mass is 35.5. The molecule has 0 radical (unpaired) electrons. The van der Waals surface area contributed by atoms with Gasteiger partial charge >= 0.3 is 0 Å². The molecule has 1 aliphatic heterocycles. The second-order valence-electron chi connectivity index (χ2n) is 7.69. The standard InChI is InChI=1S/C14H9ClF2N4.C6H7N.C5H10O/c1-6-7(2)21-14-13(20-6)12(18-5-19-14)8-3-9(16)11(15)10(17)4-8;1-6-4-2-3-5-7-6;1-2-4-6-5-3-1/h3-5H,1-2H3;2-5H,1H3;1-5H2. The average Bonchev–Trinajstić information content (AvgIpc) is 2.85. The van der Waals surface area contributed by atoms with Gasteiger partial charge in [-0.1, -0.05) is 17.7 Å². The van der Waals surface area contributed by atoms with E-state index < -0.39 is 16.7 Å². The minimum atomic E-state index is -0.852. The highest BCUT2D eigenvalue weighted by molar-refractivity contribution is 6.31. The van der Waals surface area contributed by atoms with Crippen molar-refractivity contribution in [2.75, 3.05) is 13.2 Å². The Hall–Kier alpha value is -3.10. The van der Waals surface area contributed by atoms with Crippen LogP contribution in [-0.4, -0.2) is 38.1 Å². The van der Waals surface area contributed by atoms with Gasteiger partial charge in [-0.2, -0.15) is 0 Å². The maximum atomic E-state index is 13.6. The Labute approximate surface area is 202 Å². The third-order valence-corrected chi connectivity index (χ3v) is 5.39. The number of aromatic nitrogens is 5. The summed E-state index contributed by atoms with van der Waals surface area (Å²) in [5.74, 6) is -1.70. The third-order valence-electron chi connectivity index (χ3n) is 5.03. The van der Waals surface area contributed by atoms with E-state index in [1.807, 2.05) is 32.0 Å². The highest BCUT2D eigenvalue weighted by Gasteiger charge is 2.15. The Balaban J connectivity index is 0.000000202. The molecule has 1 aliphatic rings. The Morgan fingerprint density at radius 3 is 2.03 bits per heavy atom. The predicted molar refractivity (Wildman–Crippen MR) is 129 cm³/mol. The number of benzene rings is 1. The molecule has 1 saturated heterocycles. The van der Waals surface area contributed by atoms with Crippen LogP contribution in [0.5, 0.6) is 0 Å². The topological polar surface area (TPSA) is 73.7 Å². The zero-order valence-corrected chi connectivity index (χ0v) is 20.1. The Morgan fingerprint density at radius 2 is 1.53 bits per heavy atom. The average molecular weight is 486 g/mol. The maximum Gasteiger partial charge on any atom is 0.182 e. The van der Waals surface area contributed by atoms with Crippen molar-refractivity contribution >= 4 is 22.8 Å². The van der Waals surface area contributed by atoms with Crippen LogP contribution in [0.2, 0.25) is 5.02 Å². The first kappa shape index (κ1) is 25.5. The molecular formula is C25H26ClF2N5O. The van der Waals surface area contributed by atoms with Crippen LogP contribution in [0.4, 0.5) is 8.78 Å². The van der Waals surface area contributed by atoms with Gasteiger partial charge in [-0.3, -0.25) is 4.98 Å². The molecule has 4 aromatic rings. The van der Waals surface area contributed by atoms with Gasteiger partial charge in [0.15, 0.2) is 5.65 Å². The summed E-state index contributed by atoms with van der Waals surface area (Å²) in [4.78, 5) is 20.7. The summed E-state index contributed by atoms with van der Waals surface area (Å²) in [6.45, 7) is 7.58. The number of nitrogens with zero attached hydrogens (tertiary/aromatic N) is 5. The van der Waals surface area contributed by atoms with Gasteiger partial charge in [0.2, 0.25) is 0 Å². The highest BCUT2D eigenvalue weighted by Crippen LogP contribution is 2.29. The van der Waals surface area contributed by atoms with Crippen molar-refractivity contribution < 1.29 is 13.5 Å². The van der Waals surface area contributed by atoms with E-state index in [1.54, 1.807) is 13.1 Å². The Morgan fingerprint density at radius 1 is 0.853 bits per heavy atom. The number of aryl methyl sites for hydroxylation is 3. The van der Waals surface area contributed by atoms with Gasteiger partial charge in [-0.15, -0.1) is 0 Å². The van der Waals surface area contributed by atoms with E-state index in [0.29, 0.717) is 22.6 Å². The van der Waals surface area contributed by atoms with Crippen LogP contribution < -0.4 is 0 Å². The largest absolute Gasteiger partial charge is 0.381 e. The first-order valence-electron chi connectivity index (χ1n) is 10.9. The summed E-state index contributed by atoms with van der Waals surface area (Å²) in [5.41, 5.74) is 3.82. The number of pyridine rings is 1. The lowest BCUT2D eigenvalue weighted by Gasteiger charge is -2.08. The number of hydrogen-bond donors (Lipinski definition) is 0. The molecule has 0 bridgehead atoms. The van der Waals surface area contributed by atoms with E-state index in [2.05, 4.69) is 24.9 Å². The second-order valence-corrected chi connectivity index (χ2v) is 8.06. The molecule has 178 valence electrons. The molecule has 34 heavy (non-hydrogen) atoms. The van der Waals surface area contributed by atoms with Gasteiger partial charge in [0, 0.05) is 30.7 Å². The van der Waals surface area contributed by atoms with Crippen LogP contribution in [-0.2, 0) is 4.74 Å². The van der Waals surface area contributed by atoms with E-state index in [9.17, 15) is 8.78 Å². The molecule has 0 N–H and O–H groups in total. The number of rotatable bonds is 1. The molecule has 5 rings (SSSR count). The van der Waals surface area contributed by atoms with Crippen molar-refractivity contribution in [3.05, 3.63) is 76.6 Å². The van der Waals surface area contributed by atoms with Crippen molar-refractivity contribution in [3.63, 3.8) is 0 Å². The number of ether oxygens (including phenoxy) is 1. The first-order chi connectivity index (χ1) is 16.4. The van der Waals surface area contributed by atoms with E-state index in [0.717, 1.165) is 36.7 Å². The SMILES string of the molecule is C1CCOCC1.Cc1ccccn1.Cc1nc2ncnc(-c3cc(F)c(Cl)c(F)c3)c2nc1C. The first-order valence-corrected chi connectivity index (χ1v) is 11.3. The molecule has 6 nitrogen and oxygen atoms in total. The van der Waals surface area contributed by atoms with Crippen molar-refractivity contribution in [2.24, 2.45) is 0 Å². The lowest BCUT2D eigenvalue weighted by atomic mass is 10.1. The minimum Gasteiger partial charge on any atom is -0.381 e. The third kappa shape index (κ3) is 6.95. The van der Waals surface area contributed by atoms with Crippen molar-refractivity contribution in [1.29, 1.82) is 0 Å². The summed E-state index contributed by atoms with van der Waals surface area (Å²) in [6.07, 6.45) is 7.00. The molecule has 1 fully saturated rings. The molecule has 9 heteroatoms. The van der Waals surface area contributed by atoms with E-state index in [1.165, 1.54) is 25.6 Å². The van der Waals surface area contributed by atoms with E-state index >= 15 is 0 Å². The van der Waals surface area contributed by atoms with Gasteiger partial charge in [0.25, 0.3) is 0 Å². The van der Waals surface area contributed by atoms with Gasteiger partial charge < -0.3 is 4.74 Å². The molecule has 0 aliphatic carbocycles. The summed E-state index contributed by atoms with van der Waals surface area (Å²) < 4.78 is 32.3. The molecule has 4 heterocycles. The normalized spacial score (nSPS) is 12.9. The summed E-state index contributed by atoms with van der Waals surface area (Å²) in [7, 11) is 0. The quantitative estimate of drug-likeness (QED) is 0.298. The molecule has 0 saturated carbocycles. The van der Waals surface area contributed by atoms with E-state index in [4.69, 9.17) is 16.3 Å². The van der Waals surface area contributed by atoms with Crippen LogP contribution in [0.1, 0.15) is 36.3 Å². The molecule has 0 spiro atoms. The fraction of sp³-hybridized carbons (Fsp3) is 0.320. The van der Waals surface area contributed by atoms with Crippen molar-refractivity contribution in [3.8, 4) is 11.3 Å². The van der Waals surface area contributed by atoms with Crippen molar-refractivity contribution in [2.45, 2.75) is 40.0 Å². The van der Waals surface area contributed by atoms with Crippen LogP contribution >= 0.6 is 11.6 Å². The summed E-state index contributed by atoms with van der Waals surface area (Å²) in [5, 5.41) is -0.546. The zero-order chi connectivity index (χ0) is 24.5.